The Morgan fingerprint density at radius 3 is 2.48 bits per heavy atom. The van der Waals surface area contributed by atoms with Crippen LogP contribution in [0, 0.1) is 5.82 Å². The lowest BCUT2D eigenvalue weighted by molar-refractivity contribution is 0.467. The van der Waals surface area contributed by atoms with Crippen LogP contribution in [0.2, 0.25) is 0 Å². The van der Waals surface area contributed by atoms with Crippen LogP contribution in [0.25, 0.3) is 0 Å². The van der Waals surface area contributed by atoms with Crippen molar-refractivity contribution in [2.24, 2.45) is 0 Å². The van der Waals surface area contributed by atoms with Crippen LogP contribution < -0.4 is 5.32 Å². The van der Waals surface area contributed by atoms with E-state index in [1.807, 2.05) is 19.1 Å². The summed E-state index contributed by atoms with van der Waals surface area (Å²) >= 11 is 0. The maximum absolute atomic E-state index is 13.8. The molecular formula is C18H22FNO. The van der Waals surface area contributed by atoms with Crippen LogP contribution >= 0.6 is 0 Å². The molecule has 0 radical (unpaired) electrons. The molecule has 2 aromatic rings. The van der Waals surface area contributed by atoms with Gasteiger partial charge in [-0.2, -0.15) is 0 Å². The fraction of sp³-hybridized carbons (Fsp3) is 0.333. The molecule has 0 saturated carbocycles. The third-order valence-corrected chi connectivity index (χ3v) is 3.61. The van der Waals surface area contributed by atoms with Gasteiger partial charge in [-0.3, -0.25) is 0 Å². The van der Waals surface area contributed by atoms with Crippen molar-refractivity contribution in [3.8, 4) is 5.75 Å². The molecule has 0 amide bonds. The van der Waals surface area contributed by atoms with Crippen LogP contribution in [0.4, 0.5) is 10.1 Å². The highest BCUT2D eigenvalue weighted by atomic mass is 19.1. The summed E-state index contributed by atoms with van der Waals surface area (Å²) in [7, 11) is 0. The summed E-state index contributed by atoms with van der Waals surface area (Å²) in [5.74, 6) is -0.446. The van der Waals surface area contributed by atoms with Crippen molar-refractivity contribution in [3.63, 3.8) is 0 Å². The van der Waals surface area contributed by atoms with Gasteiger partial charge in [0.2, 0.25) is 0 Å². The number of unbranched alkanes of at least 4 members (excludes halogenated alkanes) is 1. The summed E-state index contributed by atoms with van der Waals surface area (Å²) in [5.41, 5.74) is 2.84. The highest BCUT2D eigenvalue weighted by Gasteiger charge is 2.11. The molecule has 0 fully saturated rings. The monoisotopic (exact) mass is 287 g/mol. The summed E-state index contributed by atoms with van der Waals surface area (Å²) in [5, 5.41) is 12.5. The third kappa shape index (κ3) is 4.22. The van der Waals surface area contributed by atoms with Gasteiger partial charge in [0.05, 0.1) is 6.04 Å². The van der Waals surface area contributed by atoms with E-state index in [-0.39, 0.29) is 11.8 Å². The van der Waals surface area contributed by atoms with Gasteiger partial charge in [0, 0.05) is 17.3 Å². The SMILES string of the molecule is CCCCc1ccc(NC(C)c2ccc(O)cc2F)cc1. The summed E-state index contributed by atoms with van der Waals surface area (Å²) < 4.78 is 13.8. The number of hydrogen-bond donors (Lipinski definition) is 2. The largest absolute Gasteiger partial charge is 0.508 e. The fourth-order valence-electron chi connectivity index (χ4n) is 2.34. The number of nitrogens with one attached hydrogen (secondary N) is 1. The standard InChI is InChI=1S/C18H22FNO/c1-3-4-5-14-6-8-15(9-7-14)20-13(2)17-11-10-16(21)12-18(17)19/h6-13,20-21H,3-5H2,1-2H3. The van der Waals surface area contributed by atoms with E-state index in [1.54, 1.807) is 6.07 Å². The van der Waals surface area contributed by atoms with Gasteiger partial charge in [-0.05, 0) is 43.5 Å². The quantitative estimate of drug-likeness (QED) is 0.779. The summed E-state index contributed by atoms with van der Waals surface area (Å²) in [6.07, 6.45) is 3.48. The van der Waals surface area contributed by atoms with Crippen molar-refractivity contribution < 1.29 is 9.50 Å². The van der Waals surface area contributed by atoms with Crippen molar-refractivity contribution in [1.82, 2.24) is 0 Å². The Morgan fingerprint density at radius 1 is 1.14 bits per heavy atom. The Hall–Kier alpha value is -2.03. The first kappa shape index (κ1) is 15.4. The van der Waals surface area contributed by atoms with Crippen LogP contribution in [0.15, 0.2) is 42.5 Å². The molecule has 3 heteroatoms. The molecule has 2 nitrogen and oxygen atoms in total. The van der Waals surface area contributed by atoms with Crippen LogP contribution in [0.5, 0.6) is 5.75 Å². The van der Waals surface area contributed by atoms with Gasteiger partial charge in [0.25, 0.3) is 0 Å². The predicted octanol–water partition coefficient (Wildman–Crippen LogP) is 5.05. The predicted molar refractivity (Wildman–Crippen MR) is 85.2 cm³/mol. The molecule has 0 aliphatic carbocycles. The number of aryl methyl sites for hydroxylation is 1. The first-order valence-electron chi connectivity index (χ1n) is 7.44. The Labute approximate surface area is 125 Å². The Bertz CT molecular complexity index is 580. The zero-order valence-electron chi connectivity index (χ0n) is 12.6. The van der Waals surface area contributed by atoms with Gasteiger partial charge < -0.3 is 10.4 Å². The average Bonchev–Trinajstić information content (AvgIpc) is 2.46. The molecule has 21 heavy (non-hydrogen) atoms. The van der Waals surface area contributed by atoms with E-state index >= 15 is 0 Å². The Kier molecular flexibility index (Phi) is 5.20. The maximum atomic E-state index is 13.8. The second kappa shape index (κ2) is 7.11. The summed E-state index contributed by atoms with van der Waals surface area (Å²) in [6, 6.07) is 12.4. The molecule has 0 spiro atoms. The number of rotatable bonds is 6. The smallest absolute Gasteiger partial charge is 0.132 e. The van der Waals surface area contributed by atoms with Gasteiger partial charge in [-0.15, -0.1) is 0 Å². The van der Waals surface area contributed by atoms with Crippen LogP contribution in [0.3, 0.4) is 0 Å². The molecule has 2 aromatic carbocycles. The van der Waals surface area contributed by atoms with Crippen LogP contribution in [-0.4, -0.2) is 5.11 Å². The lowest BCUT2D eigenvalue weighted by Crippen LogP contribution is -2.08. The molecular weight excluding hydrogens is 265 g/mol. The number of hydrogen-bond acceptors (Lipinski definition) is 2. The Morgan fingerprint density at radius 2 is 1.86 bits per heavy atom. The number of phenolic OH excluding ortho intramolecular Hbond substituents is 1. The van der Waals surface area contributed by atoms with E-state index in [1.165, 1.54) is 24.5 Å². The molecule has 0 aliphatic heterocycles. The van der Waals surface area contributed by atoms with Crippen molar-refractivity contribution in [3.05, 3.63) is 59.4 Å². The van der Waals surface area contributed by atoms with E-state index in [2.05, 4.69) is 24.4 Å². The molecule has 2 N–H and O–H groups in total. The molecule has 0 heterocycles. The van der Waals surface area contributed by atoms with Crippen molar-refractivity contribution in [2.75, 3.05) is 5.32 Å². The van der Waals surface area contributed by atoms with E-state index < -0.39 is 5.82 Å². The molecule has 0 bridgehead atoms. The fourth-order valence-corrected chi connectivity index (χ4v) is 2.34. The van der Waals surface area contributed by atoms with Gasteiger partial charge in [-0.25, -0.2) is 4.39 Å². The van der Waals surface area contributed by atoms with E-state index in [0.717, 1.165) is 18.2 Å². The molecule has 0 saturated heterocycles. The first-order chi connectivity index (χ1) is 10.1. The average molecular weight is 287 g/mol. The first-order valence-corrected chi connectivity index (χ1v) is 7.44. The molecule has 2 rings (SSSR count). The molecule has 112 valence electrons. The number of phenols is 1. The number of halogens is 1. The van der Waals surface area contributed by atoms with Crippen LogP contribution in [0.1, 0.15) is 43.9 Å². The molecule has 0 aromatic heterocycles. The van der Waals surface area contributed by atoms with Gasteiger partial charge >= 0.3 is 0 Å². The minimum absolute atomic E-state index is 0.0521. The topological polar surface area (TPSA) is 32.3 Å². The summed E-state index contributed by atoms with van der Waals surface area (Å²) in [4.78, 5) is 0. The number of benzene rings is 2. The summed E-state index contributed by atoms with van der Waals surface area (Å²) in [6.45, 7) is 4.09. The second-order valence-corrected chi connectivity index (χ2v) is 5.37. The van der Waals surface area contributed by atoms with Gasteiger partial charge in [-0.1, -0.05) is 31.5 Å². The highest BCUT2D eigenvalue weighted by molar-refractivity contribution is 5.47. The minimum atomic E-state index is -0.394. The highest BCUT2D eigenvalue weighted by Crippen LogP contribution is 2.24. The second-order valence-electron chi connectivity index (χ2n) is 5.37. The lowest BCUT2D eigenvalue weighted by atomic mass is 10.1. The van der Waals surface area contributed by atoms with Gasteiger partial charge in [0.1, 0.15) is 11.6 Å². The van der Waals surface area contributed by atoms with E-state index in [0.29, 0.717) is 5.56 Å². The van der Waals surface area contributed by atoms with Crippen molar-refractivity contribution >= 4 is 5.69 Å². The lowest BCUT2D eigenvalue weighted by Gasteiger charge is -2.17. The van der Waals surface area contributed by atoms with Gasteiger partial charge in [0.15, 0.2) is 0 Å². The third-order valence-electron chi connectivity index (χ3n) is 3.61. The van der Waals surface area contributed by atoms with Crippen molar-refractivity contribution in [2.45, 2.75) is 39.2 Å². The molecule has 1 atom stereocenters. The van der Waals surface area contributed by atoms with Crippen molar-refractivity contribution in [1.29, 1.82) is 0 Å². The molecule has 0 aliphatic rings. The van der Waals surface area contributed by atoms with Crippen LogP contribution in [-0.2, 0) is 6.42 Å². The van der Waals surface area contributed by atoms with E-state index in [9.17, 15) is 9.50 Å². The normalized spacial score (nSPS) is 12.1. The Balaban J connectivity index is 2.03. The minimum Gasteiger partial charge on any atom is -0.508 e. The van der Waals surface area contributed by atoms with E-state index in [4.69, 9.17) is 0 Å². The zero-order chi connectivity index (χ0) is 15.2. The molecule has 1 unspecified atom stereocenters. The number of aromatic hydroxyl groups is 1. The maximum Gasteiger partial charge on any atom is 0.132 e. The number of anilines is 1. The zero-order valence-corrected chi connectivity index (χ0v) is 12.6.